The highest BCUT2D eigenvalue weighted by Crippen LogP contribution is 2.41. The zero-order chi connectivity index (χ0) is 31.0. The number of piperidine rings is 1. The second-order valence-corrected chi connectivity index (χ2v) is 14.4. The van der Waals surface area contributed by atoms with Crippen molar-refractivity contribution in [1.29, 1.82) is 0 Å². The number of hydrogen-bond donors (Lipinski definition) is 4. The molecule has 12 nitrogen and oxygen atoms in total. The first kappa shape index (κ1) is 30.2. The Morgan fingerprint density at radius 1 is 1.18 bits per heavy atom. The third-order valence-corrected chi connectivity index (χ3v) is 11.4. The molecule has 5 N–H and O–H groups in total. The number of carboxylic acid groups (broad SMARTS) is 1. The summed E-state index contributed by atoms with van der Waals surface area (Å²) in [6.45, 7) is 2.01. The van der Waals surface area contributed by atoms with E-state index in [-0.39, 0.29) is 27.7 Å². The molecule has 2 aromatic heterocycles. The number of nitrogens with two attached hydrogens (primary N) is 1. The molecule has 16 heteroatoms. The Hall–Kier alpha value is -3.86. The number of nitrogen functional groups attached to an aromatic ring is 1. The van der Waals surface area contributed by atoms with Crippen LogP contribution in [0.3, 0.4) is 0 Å². The maximum Gasteiger partial charge on any atom is 0.352 e. The molecule has 0 saturated carbocycles. The Kier molecular flexibility index (Phi) is 8.66. The van der Waals surface area contributed by atoms with Crippen LogP contribution in [-0.4, -0.2) is 74.0 Å². The standard InChI is InChI=1S/C28H26N6O6S4/c29-28-30-17(13-43-28)21(32-40)24(36)31-22-25(37)34-23(27(38)39)14(12-42-26(22)34)6-9-41-20-11-18(35)16-5-4-15(10-19(16)44-20)33-7-2-1-3-8-33/h4-6,9-11,13,22,26,40H,1-3,7-8,12H2,(H2,29,30)(H,31,36)(H,38,39)/t22?,26-/m1/s1. The van der Waals surface area contributed by atoms with Gasteiger partial charge < -0.3 is 26.3 Å². The number of rotatable bonds is 8. The Morgan fingerprint density at radius 2 is 1.98 bits per heavy atom. The third-order valence-electron chi connectivity index (χ3n) is 7.43. The molecule has 1 aromatic carbocycles. The lowest BCUT2D eigenvalue weighted by molar-refractivity contribution is -0.150. The molecular weight excluding hydrogens is 645 g/mol. The van der Waals surface area contributed by atoms with E-state index in [1.807, 2.05) is 12.1 Å². The summed E-state index contributed by atoms with van der Waals surface area (Å²) in [6, 6.07) is 6.52. The largest absolute Gasteiger partial charge is 0.477 e. The number of amides is 2. The second-order valence-electron chi connectivity index (χ2n) is 10.1. The van der Waals surface area contributed by atoms with Gasteiger partial charge >= 0.3 is 5.97 Å². The number of allylic oxidation sites excluding steroid dienone is 1. The molecule has 0 bridgehead atoms. The minimum Gasteiger partial charge on any atom is -0.477 e. The van der Waals surface area contributed by atoms with Crippen molar-refractivity contribution in [3.8, 4) is 0 Å². The maximum absolute atomic E-state index is 13.0. The minimum absolute atomic E-state index is 0.0577. The number of fused-ring (bicyclic) bond motifs is 2. The van der Waals surface area contributed by atoms with Crippen molar-refractivity contribution in [2.45, 2.75) is 34.9 Å². The maximum atomic E-state index is 13.0. The van der Waals surface area contributed by atoms with Crippen LogP contribution in [0.4, 0.5) is 10.8 Å². The third kappa shape index (κ3) is 5.81. The number of thiazole rings is 1. The molecule has 0 spiro atoms. The van der Waals surface area contributed by atoms with Crippen LogP contribution < -0.4 is 21.4 Å². The topological polar surface area (TPSA) is 179 Å². The summed E-state index contributed by atoms with van der Waals surface area (Å²) in [6.07, 6.45) is 5.19. The first-order valence-electron chi connectivity index (χ1n) is 13.6. The Morgan fingerprint density at radius 3 is 2.68 bits per heavy atom. The number of carbonyl (C=O) groups excluding carboxylic acids is 2. The van der Waals surface area contributed by atoms with E-state index in [4.69, 9.17) is 5.73 Å². The fraction of sp³-hybridized carbons (Fsp3) is 0.286. The lowest BCUT2D eigenvalue weighted by atomic mass is 10.0. The van der Waals surface area contributed by atoms with Gasteiger partial charge in [-0.1, -0.05) is 16.9 Å². The van der Waals surface area contributed by atoms with Crippen molar-refractivity contribution in [1.82, 2.24) is 15.2 Å². The van der Waals surface area contributed by atoms with Gasteiger partial charge in [0.1, 0.15) is 22.8 Å². The summed E-state index contributed by atoms with van der Waals surface area (Å²) in [5.41, 5.74) is 6.55. The fourth-order valence-electron chi connectivity index (χ4n) is 5.30. The molecule has 228 valence electrons. The number of nitrogens with one attached hydrogen (secondary N) is 1. The van der Waals surface area contributed by atoms with Crippen LogP contribution in [0.5, 0.6) is 0 Å². The van der Waals surface area contributed by atoms with Crippen molar-refractivity contribution < 1.29 is 24.7 Å². The fourth-order valence-corrected chi connectivity index (χ4v) is 9.18. The van der Waals surface area contributed by atoms with Gasteiger partial charge in [0.05, 0.1) is 4.21 Å². The second kappa shape index (κ2) is 12.6. The minimum atomic E-state index is -1.27. The first-order chi connectivity index (χ1) is 21.2. The van der Waals surface area contributed by atoms with Crippen molar-refractivity contribution >= 4 is 90.6 Å². The van der Waals surface area contributed by atoms with E-state index in [1.165, 1.54) is 46.7 Å². The van der Waals surface area contributed by atoms with Crippen LogP contribution in [0, 0.1) is 0 Å². The molecule has 0 radical (unpaired) electrons. The van der Waals surface area contributed by atoms with E-state index in [2.05, 4.69) is 26.4 Å². The molecular formula is C28H26N6O6S4. The summed E-state index contributed by atoms with van der Waals surface area (Å²) < 4.78 is 1.66. The molecule has 3 aliphatic heterocycles. The van der Waals surface area contributed by atoms with Gasteiger partial charge in [-0.05, 0) is 54.5 Å². The molecule has 0 aliphatic carbocycles. The number of anilines is 2. The van der Waals surface area contributed by atoms with E-state index in [0.717, 1.165) is 56.8 Å². The SMILES string of the molecule is Nc1nc(C(=NO)C(=O)NC2C(=O)N3C(C(=O)O)=C(C=CSc4cc(=O)c5ccc(N6CCCCC6)cc5s4)CS[C@H]23)cs1. The molecule has 1 unspecified atom stereocenters. The van der Waals surface area contributed by atoms with Crippen LogP contribution >= 0.6 is 46.2 Å². The van der Waals surface area contributed by atoms with Gasteiger partial charge in [-0.3, -0.25) is 19.3 Å². The van der Waals surface area contributed by atoms with E-state index >= 15 is 0 Å². The lowest BCUT2D eigenvalue weighted by Gasteiger charge is -2.49. The lowest BCUT2D eigenvalue weighted by Crippen LogP contribution is -2.71. The van der Waals surface area contributed by atoms with Crippen molar-refractivity contribution in [2.75, 3.05) is 29.5 Å². The Bertz CT molecular complexity index is 1810. The number of benzene rings is 1. The molecule has 3 aromatic rings. The number of thioether (sulfide) groups is 2. The van der Waals surface area contributed by atoms with Gasteiger partial charge in [-0.15, -0.1) is 34.4 Å². The molecule has 2 atom stereocenters. The number of aromatic nitrogens is 1. The normalized spacial score (nSPS) is 20.6. The van der Waals surface area contributed by atoms with Crippen LogP contribution in [0.1, 0.15) is 25.0 Å². The van der Waals surface area contributed by atoms with Crippen LogP contribution in [-0.2, 0) is 14.4 Å². The van der Waals surface area contributed by atoms with Crippen molar-refractivity contribution in [2.24, 2.45) is 5.16 Å². The summed E-state index contributed by atoms with van der Waals surface area (Å²) in [5, 5.41) is 28.2. The van der Waals surface area contributed by atoms with E-state index in [1.54, 1.807) is 17.6 Å². The molecule has 2 fully saturated rings. The molecule has 2 amide bonds. The van der Waals surface area contributed by atoms with E-state index < -0.39 is 34.9 Å². The smallest absolute Gasteiger partial charge is 0.352 e. The molecule has 44 heavy (non-hydrogen) atoms. The number of aliphatic carboxylic acids is 1. The monoisotopic (exact) mass is 670 g/mol. The predicted octanol–water partition coefficient (Wildman–Crippen LogP) is 3.51. The number of carboxylic acids is 1. The van der Waals surface area contributed by atoms with Crippen molar-refractivity contribution in [3.63, 3.8) is 0 Å². The summed E-state index contributed by atoms with van der Waals surface area (Å²) in [7, 11) is 0. The van der Waals surface area contributed by atoms with Gasteiger partial charge in [0.25, 0.3) is 11.8 Å². The number of hydrogen-bond acceptors (Lipinski definition) is 13. The van der Waals surface area contributed by atoms with Crippen LogP contribution in [0.2, 0.25) is 0 Å². The molecule has 3 aliphatic rings. The summed E-state index contributed by atoms with van der Waals surface area (Å²) >= 11 is 5.17. The summed E-state index contributed by atoms with van der Waals surface area (Å²) in [5.74, 6) is -2.43. The van der Waals surface area contributed by atoms with Gasteiger partial charge in [0.15, 0.2) is 16.3 Å². The van der Waals surface area contributed by atoms with Crippen LogP contribution in [0.25, 0.3) is 10.1 Å². The Labute approximate surface area is 267 Å². The highest BCUT2D eigenvalue weighted by Gasteiger charge is 2.54. The number of carbonyl (C=O) groups is 3. The highest BCUT2D eigenvalue weighted by molar-refractivity contribution is 8.04. The molecule has 2 saturated heterocycles. The molecule has 5 heterocycles. The van der Waals surface area contributed by atoms with Crippen LogP contribution in [0.15, 0.2) is 66.6 Å². The average Bonchev–Trinajstić information content (AvgIpc) is 3.45. The zero-order valence-corrected chi connectivity index (χ0v) is 26.2. The first-order valence-corrected chi connectivity index (χ1v) is 17.2. The quantitative estimate of drug-likeness (QED) is 0.0906. The number of nitrogens with zero attached hydrogens (tertiary/aromatic N) is 4. The summed E-state index contributed by atoms with van der Waals surface area (Å²) in [4.78, 5) is 58.3. The zero-order valence-electron chi connectivity index (χ0n) is 23.0. The molecule has 6 rings (SSSR count). The van der Waals surface area contributed by atoms with Gasteiger partial charge in [0, 0.05) is 46.1 Å². The average molecular weight is 671 g/mol. The number of oxime groups is 1. The van der Waals surface area contributed by atoms with Crippen molar-refractivity contribution in [3.05, 3.63) is 68.3 Å². The van der Waals surface area contributed by atoms with E-state index in [9.17, 15) is 29.5 Å². The predicted molar refractivity (Wildman–Crippen MR) is 174 cm³/mol. The number of β-lactam (4-membered cyclic amide) rings is 1. The van der Waals surface area contributed by atoms with Gasteiger partial charge in [-0.25, -0.2) is 9.78 Å². The van der Waals surface area contributed by atoms with Gasteiger partial charge in [0.2, 0.25) is 0 Å². The van der Waals surface area contributed by atoms with E-state index in [0.29, 0.717) is 11.0 Å². The highest BCUT2D eigenvalue weighted by atomic mass is 32.2. The van der Waals surface area contributed by atoms with Gasteiger partial charge in [-0.2, -0.15) is 0 Å². The Balaban J connectivity index is 1.17.